The molecule has 126 valence electrons. The van der Waals surface area contributed by atoms with Crippen LogP contribution >= 0.6 is 11.6 Å². The minimum atomic E-state index is -1.13. The van der Waals surface area contributed by atoms with E-state index in [0.717, 1.165) is 5.69 Å². The Balaban J connectivity index is 1.98. The summed E-state index contributed by atoms with van der Waals surface area (Å²) in [6, 6.07) is 13.6. The molecule has 1 heterocycles. The van der Waals surface area contributed by atoms with Crippen LogP contribution in [0.3, 0.4) is 0 Å². The van der Waals surface area contributed by atoms with Gasteiger partial charge in [0, 0.05) is 11.9 Å². The number of aryl methyl sites for hydroxylation is 1. The fraction of sp³-hybridized carbons (Fsp3) is 0.0556. The summed E-state index contributed by atoms with van der Waals surface area (Å²) in [6.07, 6.45) is 1.42. The Hall–Kier alpha value is -3.12. The molecule has 25 heavy (non-hydrogen) atoms. The van der Waals surface area contributed by atoms with E-state index in [4.69, 9.17) is 16.7 Å². The molecule has 0 aliphatic heterocycles. The molecule has 1 aromatic heterocycles. The lowest BCUT2D eigenvalue weighted by Gasteiger charge is -2.00. The summed E-state index contributed by atoms with van der Waals surface area (Å²) < 4.78 is 1.43. The molecule has 0 fully saturated rings. The highest BCUT2D eigenvalue weighted by Crippen LogP contribution is 2.22. The number of hydrogen-bond acceptors (Lipinski definition) is 3. The maximum atomic E-state index is 12.6. The molecule has 3 aromatic rings. The van der Waals surface area contributed by atoms with E-state index in [1.54, 1.807) is 13.0 Å². The van der Waals surface area contributed by atoms with Crippen LogP contribution in [0.2, 0.25) is 5.02 Å². The van der Waals surface area contributed by atoms with E-state index >= 15 is 0 Å². The largest absolute Gasteiger partial charge is 0.478 e. The second kappa shape index (κ2) is 6.78. The van der Waals surface area contributed by atoms with Crippen molar-refractivity contribution in [1.29, 1.82) is 0 Å². The van der Waals surface area contributed by atoms with Crippen molar-refractivity contribution >= 4 is 29.5 Å². The number of nitrogens with one attached hydrogen (secondary N) is 1. The van der Waals surface area contributed by atoms with E-state index in [1.165, 1.54) is 23.0 Å². The zero-order valence-corrected chi connectivity index (χ0v) is 14.0. The number of nitrogens with zero attached hydrogens (tertiary/aromatic N) is 2. The zero-order valence-electron chi connectivity index (χ0n) is 13.2. The van der Waals surface area contributed by atoms with Crippen LogP contribution < -0.4 is 5.56 Å². The number of halogens is 1. The number of rotatable bonds is 4. The molecule has 0 spiro atoms. The number of benzene rings is 2. The standard InChI is InChI=1S/C18H14ClN3O3/c1-11-15(17(23)22(21-11)13-5-3-2-4-6-13)10-20-12-7-8-16(19)14(9-12)18(24)25/h2-10,21H,1H3,(H,24,25). The van der Waals surface area contributed by atoms with Crippen LogP contribution in [0.4, 0.5) is 5.69 Å². The average molecular weight is 356 g/mol. The fourth-order valence-electron chi connectivity index (χ4n) is 2.37. The maximum Gasteiger partial charge on any atom is 0.337 e. The van der Waals surface area contributed by atoms with Gasteiger partial charge in [-0.1, -0.05) is 29.8 Å². The predicted molar refractivity (Wildman–Crippen MR) is 96.8 cm³/mol. The number of hydrogen-bond donors (Lipinski definition) is 2. The van der Waals surface area contributed by atoms with Crippen LogP contribution in [-0.2, 0) is 0 Å². The van der Waals surface area contributed by atoms with Gasteiger partial charge >= 0.3 is 5.97 Å². The van der Waals surface area contributed by atoms with E-state index in [2.05, 4.69) is 10.1 Å². The number of carboxylic acid groups (broad SMARTS) is 1. The monoisotopic (exact) mass is 355 g/mol. The second-order valence-corrected chi connectivity index (χ2v) is 5.76. The van der Waals surface area contributed by atoms with Crippen molar-refractivity contribution in [2.75, 3.05) is 0 Å². The van der Waals surface area contributed by atoms with Gasteiger partial charge in [-0.05, 0) is 37.3 Å². The molecule has 0 bridgehead atoms. The maximum absolute atomic E-state index is 12.6. The minimum Gasteiger partial charge on any atom is -0.478 e. The summed E-state index contributed by atoms with van der Waals surface area (Å²) in [7, 11) is 0. The Morgan fingerprint density at radius 1 is 1.24 bits per heavy atom. The summed E-state index contributed by atoms with van der Waals surface area (Å²) in [5.74, 6) is -1.13. The van der Waals surface area contributed by atoms with Gasteiger partial charge in [0.2, 0.25) is 0 Å². The Morgan fingerprint density at radius 3 is 2.64 bits per heavy atom. The molecule has 0 aliphatic rings. The molecule has 3 rings (SSSR count). The van der Waals surface area contributed by atoms with Crippen molar-refractivity contribution in [2.45, 2.75) is 6.92 Å². The molecule has 0 aliphatic carbocycles. The van der Waals surface area contributed by atoms with Gasteiger partial charge in [0.05, 0.1) is 27.5 Å². The van der Waals surface area contributed by atoms with Crippen molar-refractivity contribution in [1.82, 2.24) is 9.78 Å². The highest BCUT2D eigenvalue weighted by Gasteiger charge is 2.11. The van der Waals surface area contributed by atoms with Gasteiger partial charge in [-0.3, -0.25) is 14.9 Å². The van der Waals surface area contributed by atoms with Crippen molar-refractivity contribution in [3.63, 3.8) is 0 Å². The second-order valence-electron chi connectivity index (χ2n) is 5.35. The van der Waals surface area contributed by atoms with Gasteiger partial charge in [0.15, 0.2) is 0 Å². The van der Waals surface area contributed by atoms with Gasteiger partial charge in [-0.25, -0.2) is 9.48 Å². The van der Waals surface area contributed by atoms with Crippen LogP contribution in [0.5, 0.6) is 0 Å². The lowest BCUT2D eigenvalue weighted by Crippen LogP contribution is -2.17. The molecule has 0 amide bonds. The van der Waals surface area contributed by atoms with Crippen molar-refractivity contribution < 1.29 is 9.90 Å². The molecule has 2 aromatic carbocycles. The van der Waals surface area contributed by atoms with Gasteiger partial charge in [-0.2, -0.15) is 0 Å². The number of aromatic carboxylic acids is 1. The molecule has 2 N–H and O–H groups in total. The summed E-state index contributed by atoms with van der Waals surface area (Å²) in [5.41, 5.74) is 1.90. The Bertz CT molecular complexity index is 1020. The first-order chi connectivity index (χ1) is 12.0. The topological polar surface area (TPSA) is 87.5 Å². The highest BCUT2D eigenvalue weighted by molar-refractivity contribution is 6.33. The smallest absolute Gasteiger partial charge is 0.337 e. The van der Waals surface area contributed by atoms with Crippen LogP contribution in [0.1, 0.15) is 21.6 Å². The summed E-state index contributed by atoms with van der Waals surface area (Å²) in [6.45, 7) is 1.77. The van der Waals surface area contributed by atoms with Crippen molar-refractivity contribution in [3.8, 4) is 5.69 Å². The number of H-pyrrole nitrogens is 1. The molecule has 0 unspecified atom stereocenters. The van der Waals surface area contributed by atoms with Crippen molar-refractivity contribution in [3.05, 3.63) is 80.7 Å². The van der Waals surface area contributed by atoms with E-state index in [9.17, 15) is 9.59 Å². The number of para-hydroxylation sites is 1. The first-order valence-corrected chi connectivity index (χ1v) is 7.79. The average Bonchev–Trinajstić information content (AvgIpc) is 2.89. The van der Waals surface area contributed by atoms with Gasteiger partial charge in [-0.15, -0.1) is 0 Å². The van der Waals surface area contributed by atoms with Crippen LogP contribution in [0.25, 0.3) is 5.69 Å². The quantitative estimate of drug-likeness (QED) is 0.701. The third-order valence-corrected chi connectivity index (χ3v) is 3.98. The summed E-state index contributed by atoms with van der Waals surface area (Å²) >= 11 is 5.84. The van der Waals surface area contributed by atoms with Crippen LogP contribution in [0.15, 0.2) is 58.3 Å². The minimum absolute atomic E-state index is 0.0381. The fourth-order valence-corrected chi connectivity index (χ4v) is 2.57. The lowest BCUT2D eigenvalue weighted by molar-refractivity contribution is 0.0697. The highest BCUT2D eigenvalue weighted by atomic mass is 35.5. The van der Waals surface area contributed by atoms with E-state index in [0.29, 0.717) is 16.9 Å². The van der Waals surface area contributed by atoms with Gasteiger partial charge in [0.25, 0.3) is 5.56 Å². The van der Waals surface area contributed by atoms with E-state index < -0.39 is 5.97 Å². The van der Waals surface area contributed by atoms with Crippen LogP contribution in [-0.4, -0.2) is 27.1 Å². The number of aromatic amines is 1. The molecule has 7 heteroatoms. The van der Waals surface area contributed by atoms with E-state index in [1.807, 2.05) is 30.3 Å². The van der Waals surface area contributed by atoms with Gasteiger partial charge < -0.3 is 5.11 Å². The third-order valence-electron chi connectivity index (χ3n) is 3.65. The molecular weight excluding hydrogens is 342 g/mol. The van der Waals surface area contributed by atoms with Crippen molar-refractivity contribution in [2.24, 2.45) is 4.99 Å². The Morgan fingerprint density at radius 2 is 1.96 bits per heavy atom. The van der Waals surface area contributed by atoms with Gasteiger partial charge in [0.1, 0.15) is 0 Å². The first-order valence-electron chi connectivity index (χ1n) is 7.41. The predicted octanol–water partition coefficient (Wildman–Crippen LogP) is 3.58. The third kappa shape index (κ3) is 3.39. The molecule has 0 atom stereocenters. The summed E-state index contributed by atoms with van der Waals surface area (Å²) in [5, 5.41) is 12.2. The molecule has 0 saturated carbocycles. The first kappa shape index (κ1) is 16.7. The zero-order chi connectivity index (χ0) is 18.0. The molecule has 0 radical (unpaired) electrons. The Kier molecular flexibility index (Phi) is 4.54. The number of aromatic nitrogens is 2. The molecular formula is C18H14ClN3O3. The lowest BCUT2D eigenvalue weighted by atomic mass is 10.2. The number of aliphatic imine (C=N–C) groups is 1. The van der Waals surface area contributed by atoms with E-state index in [-0.39, 0.29) is 16.1 Å². The SMILES string of the molecule is Cc1[nH]n(-c2ccccc2)c(=O)c1C=Nc1ccc(Cl)c(C(=O)O)c1. The normalized spacial score (nSPS) is 11.1. The Labute approximate surface area is 148 Å². The molecule has 0 saturated heterocycles. The van der Waals surface area contributed by atoms with Crippen LogP contribution in [0, 0.1) is 6.92 Å². The number of carboxylic acids is 1. The number of carbonyl (C=O) groups is 1. The summed E-state index contributed by atoms with van der Waals surface area (Å²) in [4.78, 5) is 27.9. The molecule has 6 nitrogen and oxygen atoms in total.